The lowest BCUT2D eigenvalue weighted by atomic mass is 9.95. The third-order valence-electron chi connectivity index (χ3n) is 6.97. The van der Waals surface area contributed by atoms with Crippen LogP contribution >= 0.6 is 0 Å². The van der Waals surface area contributed by atoms with Crippen LogP contribution in [0, 0.1) is 23.7 Å². The summed E-state index contributed by atoms with van der Waals surface area (Å²) in [6, 6.07) is 5.86. The highest BCUT2D eigenvalue weighted by molar-refractivity contribution is 5.77. The molecule has 1 aromatic carbocycles. The van der Waals surface area contributed by atoms with Crippen LogP contribution in [0.15, 0.2) is 18.2 Å². The molecule has 5 rings (SSSR count). The van der Waals surface area contributed by atoms with E-state index < -0.39 is 0 Å². The van der Waals surface area contributed by atoms with Crippen LogP contribution in [0.2, 0.25) is 0 Å². The first-order valence-corrected chi connectivity index (χ1v) is 10.2. The summed E-state index contributed by atoms with van der Waals surface area (Å²) in [4.78, 5) is 9.59. The zero-order valence-electron chi connectivity index (χ0n) is 15.8. The van der Waals surface area contributed by atoms with Crippen molar-refractivity contribution in [3.8, 4) is 11.6 Å². The van der Waals surface area contributed by atoms with E-state index in [9.17, 15) is 0 Å². The molecule has 1 aromatic heterocycles. The lowest BCUT2D eigenvalue weighted by molar-refractivity contribution is 0.389. The van der Waals surface area contributed by atoms with Crippen LogP contribution < -0.4 is 9.47 Å². The Balaban J connectivity index is 1.25. The Hall–Kier alpha value is -1.84. The molecule has 26 heavy (non-hydrogen) atoms. The number of nitrogens with zero attached hydrogens (tertiary/aromatic N) is 2. The van der Waals surface area contributed by atoms with Crippen LogP contribution in [-0.2, 0) is 0 Å². The van der Waals surface area contributed by atoms with Crippen LogP contribution in [0.3, 0.4) is 0 Å². The van der Waals surface area contributed by atoms with Gasteiger partial charge in [0.15, 0.2) is 0 Å². The van der Waals surface area contributed by atoms with Gasteiger partial charge in [-0.1, -0.05) is 12.8 Å². The van der Waals surface area contributed by atoms with Crippen molar-refractivity contribution in [3.63, 3.8) is 0 Å². The predicted octanol–water partition coefficient (Wildman–Crippen LogP) is 4.97. The maximum Gasteiger partial charge on any atom is 0.236 e. The molecule has 5 atom stereocenters. The van der Waals surface area contributed by atoms with Crippen molar-refractivity contribution in [2.45, 2.75) is 50.9 Å². The fourth-order valence-corrected chi connectivity index (χ4v) is 5.27. The van der Waals surface area contributed by atoms with Crippen molar-refractivity contribution >= 4 is 11.0 Å². The lowest BCUT2D eigenvalue weighted by Gasteiger charge is -2.11. The number of aromatic nitrogens is 2. The van der Waals surface area contributed by atoms with Crippen molar-refractivity contribution in [1.82, 2.24) is 9.97 Å². The van der Waals surface area contributed by atoms with E-state index >= 15 is 0 Å². The predicted molar refractivity (Wildman–Crippen MR) is 102 cm³/mol. The number of ether oxygens (including phenoxy) is 2. The first-order chi connectivity index (χ1) is 12.8. The Morgan fingerprint density at radius 2 is 1.85 bits per heavy atom. The molecule has 4 heteroatoms. The van der Waals surface area contributed by atoms with Gasteiger partial charge in [-0.15, -0.1) is 0 Å². The maximum absolute atomic E-state index is 5.57. The monoisotopic (exact) mass is 352 g/mol. The van der Waals surface area contributed by atoms with Crippen LogP contribution in [0.25, 0.3) is 11.0 Å². The minimum Gasteiger partial charge on any atom is -0.497 e. The molecule has 0 bridgehead atoms. The second-order valence-corrected chi connectivity index (χ2v) is 8.50. The number of hydrogen-bond donors (Lipinski definition) is 0. The van der Waals surface area contributed by atoms with Gasteiger partial charge in [0.25, 0.3) is 0 Å². The second-order valence-electron chi connectivity index (χ2n) is 8.50. The highest BCUT2D eigenvalue weighted by Gasteiger charge is 2.47. The average Bonchev–Trinajstić information content (AvgIpc) is 3.58. The molecule has 3 aliphatic carbocycles. The third-order valence-corrected chi connectivity index (χ3v) is 6.97. The molecule has 3 aliphatic rings. The van der Waals surface area contributed by atoms with Gasteiger partial charge in [-0.05, 0) is 67.9 Å². The summed E-state index contributed by atoms with van der Waals surface area (Å²) in [6.07, 6.45) is 9.95. The fraction of sp³-hybridized carbons (Fsp3) is 0.636. The summed E-state index contributed by atoms with van der Waals surface area (Å²) in [5.41, 5.74) is 2.82. The first kappa shape index (κ1) is 16.3. The molecule has 3 saturated carbocycles. The summed E-state index contributed by atoms with van der Waals surface area (Å²) in [5.74, 6) is 6.05. The summed E-state index contributed by atoms with van der Waals surface area (Å²) < 4.78 is 10.9. The van der Waals surface area contributed by atoms with E-state index in [0.717, 1.165) is 46.1 Å². The number of fused-ring (bicyclic) bond motifs is 2. The smallest absolute Gasteiger partial charge is 0.236 e. The van der Waals surface area contributed by atoms with Gasteiger partial charge in [0, 0.05) is 12.0 Å². The maximum atomic E-state index is 5.57. The van der Waals surface area contributed by atoms with E-state index in [1.165, 1.54) is 44.9 Å². The molecule has 0 saturated heterocycles. The largest absolute Gasteiger partial charge is 0.497 e. The summed E-state index contributed by atoms with van der Waals surface area (Å²) >= 11 is 0. The Kier molecular flexibility index (Phi) is 4.02. The molecule has 138 valence electrons. The topological polar surface area (TPSA) is 44.2 Å². The summed E-state index contributed by atoms with van der Waals surface area (Å²) in [7, 11) is 3.37. The van der Waals surface area contributed by atoms with Gasteiger partial charge in [0.05, 0.1) is 25.3 Å². The molecule has 0 radical (unpaired) electrons. The number of hydrogen-bond acceptors (Lipinski definition) is 4. The first-order valence-electron chi connectivity index (χ1n) is 10.2. The highest BCUT2D eigenvalue weighted by atomic mass is 16.5. The van der Waals surface area contributed by atoms with E-state index in [1.807, 2.05) is 18.2 Å². The molecule has 0 N–H and O–H groups in total. The molecule has 3 fully saturated rings. The zero-order chi connectivity index (χ0) is 17.7. The van der Waals surface area contributed by atoms with Gasteiger partial charge in [0.2, 0.25) is 5.88 Å². The van der Waals surface area contributed by atoms with Crippen molar-refractivity contribution in [2.75, 3.05) is 14.2 Å². The second kappa shape index (κ2) is 6.40. The molecule has 2 aromatic rings. The number of benzene rings is 1. The van der Waals surface area contributed by atoms with Gasteiger partial charge in [-0.2, -0.15) is 0 Å². The van der Waals surface area contributed by atoms with E-state index in [-0.39, 0.29) is 0 Å². The molecule has 1 heterocycles. The van der Waals surface area contributed by atoms with Gasteiger partial charge < -0.3 is 9.47 Å². The molecule has 0 spiro atoms. The Morgan fingerprint density at radius 1 is 0.962 bits per heavy atom. The average molecular weight is 352 g/mol. The number of methoxy groups -OCH3 is 2. The normalized spacial score (nSPS) is 31.7. The van der Waals surface area contributed by atoms with Crippen LogP contribution in [-0.4, -0.2) is 24.2 Å². The van der Waals surface area contributed by atoms with Gasteiger partial charge in [-0.25, -0.2) is 9.97 Å². The Bertz CT molecular complexity index is 821. The van der Waals surface area contributed by atoms with E-state index in [1.54, 1.807) is 14.2 Å². The molecule has 5 unspecified atom stereocenters. The van der Waals surface area contributed by atoms with Crippen molar-refractivity contribution in [3.05, 3.63) is 23.9 Å². The van der Waals surface area contributed by atoms with Crippen LogP contribution in [0.4, 0.5) is 0 Å². The summed E-state index contributed by atoms with van der Waals surface area (Å²) in [5, 5.41) is 0. The minimum absolute atomic E-state index is 0.529. The molecular formula is C22H28N2O2. The van der Waals surface area contributed by atoms with Crippen molar-refractivity contribution < 1.29 is 9.47 Å². The standard InChI is InChI=1S/C22H28N2O2/c1-25-16-8-9-19-20(12-16)24-22(26-2)21(23-19)18-11-14(18)5-3-4-13-6-7-15-10-17(13)15/h8-9,12-15,17-18H,3-7,10-11H2,1-2H3. The molecule has 4 nitrogen and oxygen atoms in total. The SMILES string of the molecule is COc1ccc2nc(C3CC3CCCC3CCC4CC34)c(OC)nc2c1. The van der Waals surface area contributed by atoms with Gasteiger partial charge >= 0.3 is 0 Å². The van der Waals surface area contributed by atoms with Gasteiger partial charge in [-0.3, -0.25) is 0 Å². The molecular weight excluding hydrogens is 324 g/mol. The summed E-state index contributed by atoms with van der Waals surface area (Å²) in [6.45, 7) is 0. The fourth-order valence-electron chi connectivity index (χ4n) is 5.27. The van der Waals surface area contributed by atoms with E-state index in [0.29, 0.717) is 11.8 Å². The van der Waals surface area contributed by atoms with E-state index in [4.69, 9.17) is 19.4 Å². The quantitative estimate of drug-likeness (QED) is 0.706. The minimum atomic E-state index is 0.529. The van der Waals surface area contributed by atoms with Crippen molar-refractivity contribution in [1.29, 1.82) is 0 Å². The lowest BCUT2D eigenvalue weighted by Crippen LogP contribution is -2.01. The Labute approximate surface area is 155 Å². The van der Waals surface area contributed by atoms with Crippen molar-refractivity contribution in [2.24, 2.45) is 23.7 Å². The van der Waals surface area contributed by atoms with Crippen LogP contribution in [0.1, 0.15) is 56.6 Å². The number of rotatable bonds is 7. The Morgan fingerprint density at radius 3 is 2.58 bits per heavy atom. The van der Waals surface area contributed by atoms with Gasteiger partial charge in [0.1, 0.15) is 11.4 Å². The highest BCUT2D eigenvalue weighted by Crippen LogP contribution is 2.57. The van der Waals surface area contributed by atoms with Crippen LogP contribution in [0.5, 0.6) is 11.6 Å². The zero-order valence-corrected chi connectivity index (χ0v) is 15.8. The molecule has 0 aliphatic heterocycles. The molecule has 0 amide bonds. The third kappa shape index (κ3) is 2.93. The van der Waals surface area contributed by atoms with E-state index in [2.05, 4.69) is 0 Å².